The molecule has 2 aromatic rings. The predicted octanol–water partition coefficient (Wildman–Crippen LogP) is 1.98. The Morgan fingerprint density at radius 3 is 2.72 bits per heavy atom. The molecule has 5 heteroatoms. The normalized spacial score (nSPS) is 10.3. The molecule has 0 aliphatic rings. The van der Waals surface area contributed by atoms with Gasteiger partial charge in [0.15, 0.2) is 0 Å². The highest BCUT2D eigenvalue weighted by Gasteiger charge is 2.05. The van der Waals surface area contributed by atoms with E-state index in [1.54, 1.807) is 20.4 Å². The van der Waals surface area contributed by atoms with E-state index in [0.29, 0.717) is 13.1 Å². The lowest BCUT2D eigenvalue weighted by Crippen LogP contribution is -2.12. The molecule has 1 N–H and O–H groups in total. The second kappa shape index (κ2) is 6.07. The van der Waals surface area contributed by atoms with E-state index in [0.717, 1.165) is 22.8 Å². The van der Waals surface area contributed by atoms with Crippen molar-refractivity contribution in [3.8, 4) is 11.5 Å². The van der Waals surface area contributed by atoms with E-state index in [1.165, 1.54) is 0 Å². The smallest absolute Gasteiger partial charge is 0.150 e. The fourth-order valence-corrected chi connectivity index (χ4v) is 1.65. The van der Waals surface area contributed by atoms with Crippen LogP contribution in [-0.4, -0.2) is 19.4 Å². The molecule has 0 atom stereocenters. The number of methoxy groups -OCH3 is 2. The standard InChI is InChI=1S/C13H16N2O3/c1-16-11-4-3-10(13(7-11)17-2)8-14-9-12-5-6-15-18-12/h3-7,14H,8-9H2,1-2H3. The minimum absolute atomic E-state index is 0.634. The van der Waals surface area contributed by atoms with Crippen molar-refractivity contribution in [1.29, 1.82) is 0 Å². The van der Waals surface area contributed by atoms with Crippen molar-refractivity contribution < 1.29 is 14.0 Å². The molecule has 1 aromatic carbocycles. The van der Waals surface area contributed by atoms with Crippen LogP contribution in [0.15, 0.2) is 35.0 Å². The van der Waals surface area contributed by atoms with Crippen LogP contribution in [0.1, 0.15) is 11.3 Å². The molecule has 1 aromatic heterocycles. The molecule has 0 aliphatic carbocycles. The minimum Gasteiger partial charge on any atom is -0.497 e. The summed E-state index contributed by atoms with van der Waals surface area (Å²) in [5, 5.41) is 6.91. The second-order valence-corrected chi connectivity index (χ2v) is 3.76. The van der Waals surface area contributed by atoms with Crippen molar-refractivity contribution in [3.05, 3.63) is 41.8 Å². The summed E-state index contributed by atoms with van der Waals surface area (Å²) in [6.07, 6.45) is 1.63. The monoisotopic (exact) mass is 248 g/mol. The van der Waals surface area contributed by atoms with Gasteiger partial charge in [-0.3, -0.25) is 0 Å². The zero-order valence-corrected chi connectivity index (χ0v) is 10.5. The van der Waals surface area contributed by atoms with Crippen LogP contribution in [0.2, 0.25) is 0 Å². The minimum atomic E-state index is 0.634. The molecule has 18 heavy (non-hydrogen) atoms. The van der Waals surface area contributed by atoms with E-state index in [1.807, 2.05) is 24.3 Å². The van der Waals surface area contributed by atoms with Crippen molar-refractivity contribution in [3.63, 3.8) is 0 Å². The number of benzene rings is 1. The Labute approximate surface area is 106 Å². The van der Waals surface area contributed by atoms with E-state index in [2.05, 4.69) is 10.5 Å². The third-order valence-corrected chi connectivity index (χ3v) is 2.60. The van der Waals surface area contributed by atoms with Gasteiger partial charge < -0.3 is 19.3 Å². The van der Waals surface area contributed by atoms with Gasteiger partial charge in [-0.1, -0.05) is 11.2 Å². The first-order valence-electron chi connectivity index (χ1n) is 5.64. The predicted molar refractivity (Wildman–Crippen MR) is 66.6 cm³/mol. The van der Waals surface area contributed by atoms with Gasteiger partial charge in [0.1, 0.15) is 17.3 Å². The molecular weight excluding hydrogens is 232 g/mol. The summed E-state index contributed by atoms with van der Waals surface area (Å²) in [7, 11) is 3.28. The summed E-state index contributed by atoms with van der Waals surface area (Å²) < 4.78 is 15.5. The topological polar surface area (TPSA) is 56.5 Å². The van der Waals surface area contributed by atoms with Crippen molar-refractivity contribution in [2.24, 2.45) is 0 Å². The fourth-order valence-electron chi connectivity index (χ4n) is 1.65. The maximum atomic E-state index is 5.32. The summed E-state index contributed by atoms with van der Waals surface area (Å²) >= 11 is 0. The van der Waals surface area contributed by atoms with Crippen molar-refractivity contribution in [2.75, 3.05) is 14.2 Å². The zero-order chi connectivity index (χ0) is 12.8. The zero-order valence-electron chi connectivity index (χ0n) is 10.5. The molecule has 0 amide bonds. The molecule has 0 bridgehead atoms. The fraction of sp³-hybridized carbons (Fsp3) is 0.308. The molecule has 5 nitrogen and oxygen atoms in total. The number of nitrogens with zero attached hydrogens (tertiary/aromatic N) is 1. The summed E-state index contributed by atoms with van der Waals surface area (Å²) in [4.78, 5) is 0. The lowest BCUT2D eigenvalue weighted by molar-refractivity contribution is 0.370. The quantitative estimate of drug-likeness (QED) is 0.847. The number of nitrogens with one attached hydrogen (secondary N) is 1. The molecule has 0 saturated carbocycles. The number of hydrogen-bond acceptors (Lipinski definition) is 5. The van der Waals surface area contributed by atoms with Gasteiger partial charge in [-0.2, -0.15) is 0 Å². The van der Waals surface area contributed by atoms with Crippen LogP contribution >= 0.6 is 0 Å². The van der Waals surface area contributed by atoms with Crippen LogP contribution < -0.4 is 14.8 Å². The van der Waals surface area contributed by atoms with E-state index < -0.39 is 0 Å². The Kier molecular flexibility index (Phi) is 4.20. The van der Waals surface area contributed by atoms with Gasteiger partial charge in [-0.25, -0.2) is 0 Å². The second-order valence-electron chi connectivity index (χ2n) is 3.76. The van der Waals surface area contributed by atoms with E-state index in [-0.39, 0.29) is 0 Å². The first kappa shape index (κ1) is 12.4. The Morgan fingerprint density at radius 2 is 2.06 bits per heavy atom. The molecular formula is C13H16N2O3. The summed E-state index contributed by atoms with van der Waals surface area (Å²) in [6.45, 7) is 1.32. The lowest BCUT2D eigenvalue weighted by atomic mass is 10.2. The van der Waals surface area contributed by atoms with Crippen LogP contribution in [0.3, 0.4) is 0 Å². The van der Waals surface area contributed by atoms with Gasteiger partial charge in [-0.15, -0.1) is 0 Å². The van der Waals surface area contributed by atoms with Crippen LogP contribution in [0.25, 0.3) is 0 Å². The third-order valence-electron chi connectivity index (χ3n) is 2.60. The number of ether oxygens (including phenoxy) is 2. The van der Waals surface area contributed by atoms with Gasteiger partial charge in [-0.05, 0) is 6.07 Å². The first-order valence-corrected chi connectivity index (χ1v) is 5.64. The molecule has 0 unspecified atom stereocenters. The lowest BCUT2D eigenvalue weighted by Gasteiger charge is -2.10. The maximum Gasteiger partial charge on any atom is 0.150 e. The molecule has 0 saturated heterocycles. The number of hydrogen-bond donors (Lipinski definition) is 1. The molecule has 96 valence electrons. The third kappa shape index (κ3) is 3.01. The van der Waals surface area contributed by atoms with Crippen LogP contribution in [0.4, 0.5) is 0 Å². The van der Waals surface area contributed by atoms with Crippen LogP contribution in [0, 0.1) is 0 Å². The number of rotatable bonds is 6. The highest BCUT2D eigenvalue weighted by Crippen LogP contribution is 2.24. The molecule has 1 heterocycles. The van der Waals surface area contributed by atoms with Crippen molar-refractivity contribution >= 4 is 0 Å². The Bertz CT molecular complexity index is 483. The SMILES string of the molecule is COc1ccc(CNCc2ccno2)c(OC)c1. The summed E-state index contributed by atoms with van der Waals surface area (Å²) in [5.74, 6) is 2.40. The highest BCUT2D eigenvalue weighted by molar-refractivity contribution is 5.40. The molecule has 0 spiro atoms. The van der Waals surface area contributed by atoms with E-state index in [4.69, 9.17) is 14.0 Å². The molecule has 0 aliphatic heterocycles. The Hall–Kier alpha value is -2.01. The number of aromatic nitrogens is 1. The Balaban J connectivity index is 1.96. The molecule has 2 rings (SSSR count). The van der Waals surface area contributed by atoms with Crippen molar-refractivity contribution in [2.45, 2.75) is 13.1 Å². The summed E-state index contributed by atoms with van der Waals surface area (Å²) in [5.41, 5.74) is 1.07. The van der Waals surface area contributed by atoms with E-state index in [9.17, 15) is 0 Å². The van der Waals surface area contributed by atoms with Crippen LogP contribution in [-0.2, 0) is 13.1 Å². The average molecular weight is 248 g/mol. The highest BCUT2D eigenvalue weighted by atomic mass is 16.5. The Morgan fingerprint density at radius 1 is 1.17 bits per heavy atom. The molecule has 0 radical (unpaired) electrons. The van der Waals surface area contributed by atoms with Gasteiger partial charge in [0, 0.05) is 24.2 Å². The average Bonchev–Trinajstić information content (AvgIpc) is 2.92. The van der Waals surface area contributed by atoms with Gasteiger partial charge in [0.2, 0.25) is 0 Å². The van der Waals surface area contributed by atoms with Crippen molar-refractivity contribution in [1.82, 2.24) is 10.5 Å². The first-order chi connectivity index (χ1) is 8.83. The van der Waals surface area contributed by atoms with Gasteiger partial charge in [0.25, 0.3) is 0 Å². The molecule has 0 fully saturated rings. The van der Waals surface area contributed by atoms with Crippen LogP contribution in [0.5, 0.6) is 11.5 Å². The largest absolute Gasteiger partial charge is 0.497 e. The maximum absolute atomic E-state index is 5.32. The summed E-state index contributed by atoms with van der Waals surface area (Å²) in [6, 6.07) is 7.59. The van der Waals surface area contributed by atoms with E-state index >= 15 is 0 Å². The van der Waals surface area contributed by atoms with Gasteiger partial charge in [0.05, 0.1) is 27.0 Å². The van der Waals surface area contributed by atoms with Gasteiger partial charge >= 0.3 is 0 Å².